The average Bonchev–Trinajstić information content (AvgIpc) is 3.11. The molecule has 142 valence electrons. The van der Waals surface area contributed by atoms with Gasteiger partial charge in [-0.15, -0.1) is 0 Å². The number of hydrogen-bond donors (Lipinski definition) is 0. The molecule has 2 aromatic heterocycles. The second-order valence-corrected chi connectivity index (χ2v) is 6.94. The summed E-state index contributed by atoms with van der Waals surface area (Å²) in [6, 6.07) is 4.02. The van der Waals surface area contributed by atoms with E-state index in [0.717, 1.165) is 27.7 Å². The van der Waals surface area contributed by atoms with E-state index in [4.69, 9.17) is 9.72 Å². The summed E-state index contributed by atoms with van der Waals surface area (Å²) >= 11 is 0. The topological polar surface area (TPSA) is 42.7 Å². The minimum atomic E-state index is -2.60. The molecule has 1 aliphatic heterocycles. The molecule has 0 saturated carbocycles. The van der Waals surface area contributed by atoms with Crippen LogP contribution in [0, 0.1) is 6.92 Å². The van der Waals surface area contributed by atoms with Crippen molar-refractivity contribution in [2.24, 2.45) is 0 Å². The number of imidazole rings is 1. The van der Waals surface area contributed by atoms with Crippen LogP contribution in [0.4, 0.5) is 14.7 Å². The van der Waals surface area contributed by atoms with E-state index in [0.29, 0.717) is 18.3 Å². The Balaban J connectivity index is 1.92. The number of rotatable bonds is 4. The molecule has 3 aromatic rings. The third-order valence-corrected chi connectivity index (χ3v) is 4.96. The molecule has 5 nitrogen and oxygen atoms in total. The number of benzene rings is 1. The largest absolute Gasteiger partial charge is 0.494 e. The molecule has 0 spiro atoms. The summed E-state index contributed by atoms with van der Waals surface area (Å²) in [5.41, 5.74) is 3.34. The van der Waals surface area contributed by atoms with Crippen molar-refractivity contribution in [3.05, 3.63) is 42.2 Å². The minimum absolute atomic E-state index is 0.171. The Kier molecular flexibility index (Phi) is 4.25. The first kappa shape index (κ1) is 17.7. The number of anilines is 1. The highest BCUT2D eigenvalue weighted by molar-refractivity contribution is 5.99. The molecule has 1 saturated heterocycles. The standard InChI is InChI=1S/C20H22F2N4O/c1-4-27-14(3)15-11-13(2)12-16-17(15)24-19(26-10-7-23-18(16)26)25-8-5-20(21,22)6-9-25/h7,10-12H,3-6,8-9H2,1-2H3. The Morgan fingerprint density at radius 3 is 2.74 bits per heavy atom. The number of piperidine rings is 1. The van der Waals surface area contributed by atoms with Gasteiger partial charge in [0.25, 0.3) is 5.92 Å². The molecule has 0 aliphatic carbocycles. The first-order valence-electron chi connectivity index (χ1n) is 9.12. The van der Waals surface area contributed by atoms with Crippen molar-refractivity contribution in [1.82, 2.24) is 14.4 Å². The monoisotopic (exact) mass is 372 g/mol. The SMILES string of the molecule is C=C(OCC)c1cc(C)cc2c1nc(N1CCC(F)(F)CC1)n1ccnc21. The van der Waals surface area contributed by atoms with E-state index in [2.05, 4.69) is 11.6 Å². The lowest BCUT2D eigenvalue weighted by molar-refractivity contribution is -0.0222. The predicted octanol–water partition coefficient (Wildman–Crippen LogP) is 4.43. The van der Waals surface area contributed by atoms with Crippen LogP contribution >= 0.6 is 0 Å². The van der Waals surface area contributed by atoms with Gasteiger partial charge in [0, 0.05) is 49.3 Å². The highest BCUT2D eigenvalue weighted by Gasteiger charge is 2.35. The molecule has 0 amide bonds. The van der Waals surface area contributed by atoms with Crippen LogP contribution in [0.1, 0.15) is 30.9 Å². The first-order chi connectivity index (χ1) is 12.9. The van der Waals surface area contributed by atoms with Crippen LogP contribution in [-0.2, 0) is 4.74 Å². The fraction of sp³-hybridized carbons (Fsp3) is 0.400. The van der Waals surface area contributed by atoms with Gasteiger partial charge in [0.15, 0.2) is 0 Å². The maximum atomic E-state index is 13.6. The molecule has 1 aromatic carbocycles. The molecule has 7 heteroatoms. The number of fused-ring (bicyclic) bond motifs is 3. The number of aryl methyl sites for hydroxylation is 1. The van der Waals surface area contributed by atoms with Crippen LogP contribution in [0.25, 0.3) is 22.3 Å². The zero-order valence-electron chi connectivity index (χ0n) is 15.5. The van der Waals surface area contributed by atoms with E-state index >= 15 is 0 Å². The van der Waals surface area contributed by atoms with Gasteiger partial charge in [-0.25, -0.2) is 18.7 Å². The van der Waals surface area contributed by atoms with Crippen LogP contribution in [0.3, 0.4) is 0 Å². The number of aromatic nitrogens is 3. The molecule has 0 radical (unpaired) electrons. The summed E-state index contributed by atoms with van der Waals surface area (Å²) in [7, 11) is 0. The summed E-state index contributed by atoms with van der Waals surface area (Å²) in [6.07, 6.45) is 3.19. The molecule has 4 rings (SSSR count). The predicted molar refractivity (Wildman–Crippen MR) is 102 cm³/mol. The molecular weight excluding hydrogens is 350 g/mol. The second-order valence-electron chi connectivity index (χ2n) is 6.94. The van der Waals surface area contributed by atoms with Gasteiger partial charge < -0.3 is 9.64 Å². The number of alkyl halides is 2. The van der Waals surface area contributed by atoms with Gasteiger partial charge >= 0.3 is 0 Å². The van der Waals surface area contributed by atoms with Crippen LogP contribution < -0.4 is 4.90 Å². The van der Waals surface area contributed by atoms with E-state index in [1.807, 2.05) is 41.5 Å². The number of nitrogens with zero attached hydrogens (tertiary/aromatic N) is 4. The molecule has 0 N–H and O–H groups in total. The fourth-order valence-corrected chi connectivity index (χ4v) is 3.61. The van der Waals surface area contributed by atoms with E-state index < -0.39 is 5.92 Å². The Bertz CT molecular complexity index is 1020. The zero-order valence-corrected chi connectivity index (χ0v) is 15.5. The molecule has 1 fully saturated rings. The summed E-state index contributed by atoms with van der Waals surface area (Å²) in [6.45, 7) is 8.96. The van der Waals surface area contributed by atoms with Crippen molar-refractivity contribution < 1.29 is 13.5 Å². The van der Waals surface area contributed by atoms with Gasteiger partial charge in [-0.05, 0) is 31.5 Å². The maximum absolute atomic E-state index is 13.6. The molecular formula is C20H22F2N4O. The van der Waals surface area contributed by atoms with Gasteiger partial charge in [-0.2, -0.15) is 0 Å². The van der Waals surface area contributed by atoms with E-state index in [9.17, 15) is 8.78 Å². The lowest BCUT2D eigenvalue weighted by atomic mass is 10.0. The van der Waals surface area contributed by atoms with Crippen molar-refractivity contribution in [1.29, 1.82) is 0 Å². The molecule has 0 unspecified atom stereocenters. The van der Waals surface area contributed by atoms with Crippen LogP contribution in [0.5, 0.6) is 0 Å². The van der Waals surface area contributed by atoms with Crippen LogP contribution in [0.15, 0.2) is 31.1 Å². The number of hydrogen-bond acceptors (Lipinski definition) is 4. The first-order valence-corrected chi connectivity index (χ1v) is 9.12. The third kappa shape index (κ3) is 3.11. The summed E-state index contributed by atoms with van der Waals surface area (Å²) in [5.74, 6) is -1.43. The van der Waals surface area contributed by atoms with Crippen molar-refractivity contribution in [2.45, 2.75) is 32.6 Å². The molecule has 27 heavy (non-hydrogen) atoms. The maximum Gasteiger partial charge on any atom is 0.251 e. The van der Waals surface area contributed by atoms with Gasteiger partial charge in [-0.3, -0.25) is 4.40 Å². The highest BCUT2D eigenvalue weighted by atomic mass is 19.3. The number of ether oxygens (including phenoxy) is 1. The molecule has 1 aliphatic rings. The van der Waals surface area contributed by atoms with Crippen LogP contribution in [-0.4, -0.2) is 40.0 Å². The lowest BCUT2D eigenvalue weighted by Gasteiger charge is -2.33. The van der Waals surface area contributed by atoms with Gasteiger partial charge in [0.05, 0.1) is 12.1 Å². The Morgan fingerprint density at radius 1 is 1.30 bits per heavy atom. The summed E-state index contributed by atoms with van der Waals surface area (Å²) < 4.78 is 34.7. The second kappa shape index (κ2) is 6.48. The molecule has 0 bridgehead atoms. The van der Waals surface area contributed by atoms with Crippen molar-refractivity contribution >= 4 is 28.3 Å². The van der Waals surface area contributed by atoms with Crippen LogP contribution in [0.2, 0.25) is 0 Å². The Labute approximate surface area is 156 Å². The fourth-order valence-electron chi connectivity index (χ4n) is 3.61. The van der Waals surface area contributed by atoms with Gasteiger partial charge in [0.1, 0.15) is 11.4 Å². The third-order valence-electron chi connectivity index (χ3n) is 4.96. The summed E-state index contributed by atoms with van der Waals surface area (Å²) in [4.78, 5) is 11.3. The van der Waals surface area contributed by atoms with Crippen molar-refractivity contribution in [3.8, 4) is 0 Å². The highest BCUT2D eigenvalue weighted by Crippen LogP contribution is 2.33. The Morgan fingerprint density at radius 2 is 2.04 bits per heavy atom. The number of halogens is 2. The normalized spacial score (nSPS) is 16.8. The minimum Gasteiger partial charge on any atom is -0.494 e. The van der Waals surface area contributed by atoms with E-state index in [1.165, 1.54) is 0 Å². The van der Waals surface area contributed by atoms with E-state index in [1.54, 1.807) is 6.20 Å². The Hall–Kier alpha value is -2.70. The van der Waals surface area contributed by atoms with Crippen molar-refractivity contribution in [2.75, 3.05) is 24.6 Å². The molecule has 3 heterocycles. The molecule has 0 atom stereocenters. The van der Waals surface area contributed by atoms with Gasteiger partial charge in [-0.1, -0.05) is 6.58 Å². The summed E-state index contributed by atoms with van der Waals surface area (Å²) in [5, 5.41) is 0.891. The average molecular weight is 372 g/mol. The van der Waals surface area contributed by atoms with Gasteiger partial charge in [0.2, 0.25) is 5.95 Å². The van der Waals surface area contributed by atoms with Crippen molar-refractivity contribution in [3.63, 3.8) is 0 Å². The quantitative estimate of drug-likeness (QED) is 0.635. The smallest absolute Gasteiger partial charge is 0.251 e. The lowest BCUT2D eigenvalue weighted by Crippen LogP contribution is -2.40. The zero-order chi connectivity index (χ0) is 19.2. The van der Waals surface area contributed by atoms with E-state index in [-0.39, 0.29) is 25.9 Å².